The van der Waals surface area contributed by atoms with E-state index in [0.717, 1.165) is 0 Å². The third-order valence-electron chi connectivity index (χ3n) is 1.43. The molecule has 0 aliphatic heterocycles. The molecule has 3 nitrogen and oxygen atoms in total. The zero-order chi connectivity index (χ0) is 11.3. The van der Waals surface area contributed by atoms with Crippen LogP contribution in [0.5, 0.6) is 0 Å². The van der Waals surface area contributed by atoms with Crippen molar-refractivity contribution in [3.8, 4) is 0 Å². The maximum atomic E-state index is 11.6. The summed E-state index contributed by atoms with van der Waals surface area (Å²) in [6.45, 7) is -3.34. The summed E-state index contributed by atoms with van der Waals surface area (Å²) in [6, 6.07) is 8.41. The van der Waals surface area contributed by atoms with Crippen LogP contribution in [0.3, 0.4) is 0 Å². The van der Waals surface area contributed by atoms with Crippen LogP contribution in [0.1, 0.15) is 5.56 Å². The molecule has 0 amide bonds. The van der Waals surface area contributed by atoms with Gasteiger partial charge >= 0.3 is 6.61 Å². The van der Waals surface area contributed by atoms with Crippen molar-refractivity contribution >= 4 is 16.2 Å². The fourth-order valence-electron chi connectivity index (χ4n) is 0.860. The molecule has 0 unspecified atom stereocenters. The van der Waals surface area contributed by atoms with Crippen molar-refractivity contribution in [3.05, 3.63) is 41.3 Å². The fraction of sp³-hybridized carbons (Fsp3) is 0.111. The molecule has 15 heavy (non-hydrogen) atoms. The number of alkyl halides is 2. The third kappa shape index (κ3) is 4.66. The number of hydrogen-bond donors (Lipinski definition) is 0. The van der Waals surface area contributed by atoms with Gasteiger partial charge in [0.15, 0.2) is 0 Å². The Morgan fingerprint density at radius 1 is 1.20 bits per heavy atom. The topological polar surface area (TPSA) is 43.4 Å². The molecule has 0 bridgehead atoms. The summed E-state index contributed by atoms with van der Waals surface area (Å²) in [5.74, 6) is 0. The molecular weight excluding hydrogens is 226 g/mol. The van der Waals surface area contributed by atoms with Crippen LogP contribution in [-0.2, 0) is 14.3 Å². The van der Waals surface area contributed by atoms with Gasteiger partial charge in [0.1, 0.15) is 0 Å². The van der Waals surface area contributed by atoms with Gasteiger partial charge in [0.2, 0.25) is 0 Å². The Balaban J connectivity index is 2.74. The zero-order valence-corrected chi connectivity index (χ0v) is 8.32. The second-order valence-electron chi connectivity index (χ2n) is 2.56. The molecule has 0 aliphatic rings. The number of halogens is 2. The smallest absolute Gasteiger partial charge is 0.200 e. The average Bonchev–Trinajstić information content (AvgIpc) is 2.15. The number of rotatable bonds is 4. The van der Waals surface area contributed by atoms with Crippen LogP contribution in [0.15, 0.2) is 35.7 Å². The first kappa shape index (κ1) is 11.8. The van der Waals surface area contributed by atoms with Crippen molar-refractivity contribution in [1.82, 2.24) is 0 Å². The molecule has 6 heteroatoms. The van der Waals surface area contributed by atoms with Gasteiger partial charge in [-0.25, -0.2) is 0 Å². The molecule has 1 aromatic rings. The largest absolute Gasteiger partial charge is 0.359 e. The zero-order valence-electron chi connectivity index (χ0n) is 7.51. The second kappa shape index (κ2) is 4.99. The van der Waals surface area contributed by atoms with Crippen LogP contribution in [0.25, 0.3) is 6.08 Å². The van der Waals surface area contributed by atoms with E-state index < -0.39 is 16.7 Å². The Labute approximate surface area is 86.1 Å². The van der Waals surface area contributed by atoms with Gasteiger partial charge in [-0.3, -0.25) is 0 Å². The summed E-state index contributed by atoms with van der Waals surface area (Å²) in [5.41, 5.74) is 0.582. The van der Waals surface area contributed by atoms with E-state index in [-0.39, 0.29) is 0 Å². The first-order valence-electron chi connectivity index (χ1n) is 3.94. The Morgan fingerprint density at radius 2 is 1.80 bits per heavy atom. The van der Waals surface area contributed by atoms with E-state index in [1.54, 1.807) is 30.3 Å². The minimum atomic E-state index is -4.31. The molecule has 0 aromatic heterocycles. The molecular formula is C9H8F2O3S. The fourth-order valence-corrected chi connectivity index (χ4v) is 1.45. The predicted octanol–water partition coefficient (Wildman–Crippen LogP) is 2.23. The van der Waals surface area contributed by atoms with Gasteiger partial charge in [0, 0.05) is 0 Å². The Bertz CT molecular complexity index is 426. The molecule has 82 valence electrons. The van der Waals surface area contributed by atoms with E-state index in [1.807, 2.05) is 0 Å². The Kier molecular flexibility index (Phi) is 3.93. The normalized spacial score (nSPS) is 12.5. The highest BCUT2D eigenvalue weighted by molar-refractivity contribution is 7.89. The van der Waals surface area contributed by atoms with Crippen molar-refractivity contribution in [1.29, 1.82) is 0 Å². The van der Waals surface area contributed by atoms with E-state index in [9.17, 15) is 17.2 Å². The van der Waals surface area contributed by atoms with Gasteiger partial charge in [-0.05, 0) is 11.6 Å². The molecule has 1 aromatic carbocycles. The van der Waals surface area contributed by atoms with Crippen LogP contribution >= 0.6 is 0 Å². The number of benzene rings is 1. The van der Waals surface area contributed by atoms with Crippen molar-refractivity contribution in [2.24, 2.45) is 0 Å². The van der Waals surface area contributed by atoms with Crippen LogP contribution in [0.4, 0.5) is 8.78 Å². The molecule has 0 aliphatic carbocycles. The molecule has 0 fully saturated rings. The standard InChI is InChI=1S/C9H8F2O3S/c10-9(11)14-15(12,13)7-6-8-4-2-1-3-5-8/h1-7,9H/b7-6+. The molecule has 0 spiro atoms. The molecule has 1 rings (SSSR count). The third-order valence-corrected chi connectivity index (χ3v) is 2.32. The molecule has 0 atom stereocenters. The number of hydrogen-bond acceptors (Lipinski definition) is 3. The van der Waals surface area contributed by atoms with E-state index in [4.69, 9.17) is 0 Å². The lowest BCUT2D eigenvalue weighted by Gasteiger charge is -1.98. The summed E-state index contributed by atoms with van der Waals surface area (Å²) in [4.78, 5) is 0. The van der Waals surface area contributed by atoms with Crippen molar-refractivity contribution in [2.45, 2.75) is 6.61 Å². The Morgan fingerprint density at radius 3 is 2.33 bits per heavy atom. The van der Waals surface area contributed by atoms with E-state index in [0.29, 0.717) is 11.0 Å². The lowest BCUT2D eigenvalue weighted by atomic mass is 10.2. The lowest BCUT2D eigenvalue weighted by Crippen LogP contribution is -2.06. The van der Waals surface area contributed by atoms with E-state index >= 15 is 0 Å². The quantitative estimate of drug-likeness (QED) is 0.750. The minimum Gasteiger partial charge on any atom is -0.200 e. The van der Waals surface area contributed by atoms with E-state index in [1.165, 1.54) is 6.08 Å². The molecule has 0 N–H and O–H groups in total. The predicted molar refractivity (Wildman–Crippen MR) is 51.5 cm³/mol. The van der Waals surface area contributed by atoms with Crippen molar-refractivity contribution in [2.75, 3.05) is 0 Å². The highest BCUT2D eigenvalue weighted by atomic mass is 32.2. The highest BCUT2D eigenvalue weighted by Crippen LogP contribution is 2.07. The van der Waals surface area contributed by atoms with Gasteiger partial charge in [0.25, 0.3) is 10.1 Å². The molecule has 0 saturated carbocycles. The van der Waals surface area contributed by atoms with Gasteiger partial charge in [0.05, 0.1) is 5.41 Å². The van der Waals surface area contributed by atoms with Gasteiger partial charge in [-0.15, -0.1) is 0 Å². The monoisotopic (exact) mass is 234 g/mol. The van der Waals surface area contributed by atoms with Crippen LogP contribution in [0, 0.1) is 0 Å². The summed E-state index contributed by atoms with van der Waals surface area (Å²) in [5, 5.41) is 0.592. The molecule has 0 heterocycles. The maximum absolute atomic E-state index is 11.6. The summed E-state index contributed by atoms with van der Waals surface area (Å²) in [7, 11) is -4.31. The highest BCUT2D eigenvalue weighted by Gasteiger charge is 2.13. The maximum Gasteiger partial charge on any atom is 0.359 e. The first-order valence-corrected chi connectivity index (χ1v) is 5.41. The van der Waals surface area contributed by atoms with Crippen molar-refractivity contribution < 1.29 is 21.4 Å². The average molecular weight is 234 g/mol. The SMILES string of the molecule is O=S(=O)(/C=C/c1ccccc1)OC(F)F. The summed E-state index contributed by atoms with van der Waals surface area (Å²) >= 11 is 0. The lowest BCUT2D eigenvalue weighted by molar-refractivity contribution is -0.0432. The minimum absolute atomic E-state index is 0.582. The van der Waals surface area contributed by atoms with Crippen LogP contribution in [-0.4, -0.2) is 15.0 Å². The summed E-state index contributed by atoms with van der Waals surface area (Å²) < 4.78 is 48.3. The van der Waals surface area contributed by atoms with Gasteiger partial charge in [-0.2, -0.15) is 21.4 Å². The summed E-state index contributed by atoms with van der Waals surface area (Å²) in [6.07, 6.45) is 1.18. The van der Waals surface area contributed by atoms with Crippen LogP contribution < -0.4 is 0 Å². The molecule has 0 radical (unpaired) electrons. The first-order chi connectivity index (χ1) is 6.99. The van der Waals surface area contributed by atoms with E-state index in [2.05, 4.69) is 4.18 Å². The van der Waals surface area contributed by atoms with Crippen LogP contribution in [0.2, 0.25) is 0 Å². The molecule has 0 saturated heterocycles. The second-order valence-corrected chi connectivity index (χ2v) is 4.01. The van der Waals surface area contributed by atoms with Crippen molar-refractivity contribution in [3.63, 3.8) is 0 Å². The Hall–Kier alpha value is -1.27. The van der Waals surface area contributed by atoms with Gasteiger partial charge < -0.3 is 0 Å². The van der Waals surface area contributed by atoms with Gasteiger partial charge in [-0.1, -0.05) is 30.3 Å².